The number of amides is 1. The number of piperazine rings is 1. The van der Waals surface area contributed by atoms with Crippen molar-refractivity contribution in [2.45, 2.75) is 32.4 Å². The van der Waals surface area contributed by atoms with Crippen molar-refractivity contribution < 1.29 is 18.7 Å². The number of rotatable bonds is 6. The number of hydrogen-bond acceptors (Lipinski definition) is 5. The third-order valence-corrected chi connectivity index (χ3v) is 6.69. The summed E-state index contributed by atoms with van der Waals surface area (Å²) in [5.41, 5.74) is 1.85. The van der Waals surface area contributed by atoms with Crippen LogP contribution in [-0.4, -0.2) is 68.4 Å². The van der Waals surface area contributed by atoms with Gasteiger partial charge in [-0.1, -0.05) is 18.2 Å². The van der Waals surface area contributed by atoms with Crippen molar-refractivity contribution in [2.75, 3.05) is 51.3 Å². The van der Waals surface area contributed by atoms with Crippen molar-refractivity contribution in [1.82, 2.24) is 9.80 Å². The van der Waals surface area contributed by atoms with Crippen LogP contribution in [0.25, 0.3) is 0 Å². The second-order valence-corrected chi connectivity index (χ2v) is 9.10. The fraction of sp³-hybridized carbons (Fsp3) is 0.500. The van der Waals surface area contributed by atoms with Crippen LogP contribution in [0.3, 0.4) is 0 Å². The standard InChI is InChI=1S/C26H34FN3O3/c1-20-16-29(14-15-30(20)23-9-11-24(32-2)12-10-23)26(31)33-19-21-6-5-13-28(17-21)18-22-7-3-4-8-25(22)27/h3-4,7-12,20-21H,5-6,13-19H2,1-2H3. The highest BCUT2D eigenvalue weighted by molar-refractivity contribution is 5.68. The molecule has 2 fully saturated rings. The molecule has 2 unspecified atom stereocenters. The number of halogens is 1. The molecule has 6 nitrogen and oxygen atoms in total. The first-order valence-electron chi connectivity index (χ1n) is 11.8. The van der Waals surface area contributed by atoms with E-state index in [1.54, 1.807) is 13.2 Å². The molecule has 0 aromatic heterocycles. The number of piperidine rings is 1. The van der Waals surface area contributed by atoms with E-state index < -0.39 is 0 Å². The molecule has 0 N–H and O–H groups in total. The smallest absolute Gasteiger partial charge is 0.409 e. The monoisotopic (exact) mass is 455 g/mol. The van der Waals surface area contributed by atoms with Crippen molar-refractivity contribution in [2.24, 2.45) is 5.92 Å². The number of methoxy groups -OCH3 is 1. The lowest BCUT2D eigenvalue weighted by atomic mass is 9.98. The van der Waals surface area contributed by atoms with Gasteiger partial charge in [-0.05, 0) is 56.6 Å². The number of carbonyl (C=O) groups excluding carboxylic acids is 1. The lowest BCUT2D eigenvalue weighted by Gasteiger charge is -2.41. The van der Waals surface area contributed by atoms with E-state index in [2.05, 4.69) is 28.9 Å². The molecule has 7 heteroatoms. The molecule has 0 aliphatic carbocycles. The summed E-state index contributed by atoms with van der Waals surface area (Å²) in [7, 11) is 1.66. The Kier molecular flexibility index (Phi) is 7.70. The van der Waals surface area contributed by atoms with E-state index in [1.807, 2.05) is 29.2 Å². The van der Waals surface area contributed by atoms with E-state index in [-0.39, 0.29) is 23.9 Å². The normalized spacial score (nSPS) is 21.7. The number of likely N-dealkylation sites (tertiary alicyclic amines) is 1. The van der Waals surface area contributed by atoms with Crippen LogP contribution in [0.2, 0.25) is 0 Å². The minimum Gasteiger partial charge on any atom is -0.497 e. The average Bonchev–Trinajstić information content (AvgIpc) is 2.84. The Morgan fingerprint density at radius 3 is 2.58 bits per heavy atom. The molecule has 4 rings (SSSR count). The van der Waals surface area contributed by atoms with E-state index in [0.717, 1.165) is 49.5 Å². The highest BCUT2D eigenvalue weighted by Gasteiger charge is 2.29. The van der Waals surface area contributed by atoms with E-state index in [9.17, 15) is 9.18 Å². The van der Waals surface area contributed by atoms with Crippen LogP contribution in [0.4, 0.5) is 14.9 Å². The van der Waals surface area contributed by atoms with Gasteiger partial charge in [-0.2, -0.15) is 0 Å². The van der Waals surface area contributed by atoms with Gasteiger partial charge in [0.2, 0.25) is 0 Å². The lowest BCUT2D eigenvalue weighted by Crippen LogP contribution is -2.54. The van der Waals surface area contributed by atoms with Crippen LogP contribution in [0.15, 0.2) is 48.5 Å². The Hall–Kier alpha value is -2.80. The molecular weight excluding hydrogens is 421 g/mol. The summed E-state index contributed by atoms with van der Waals surface area (Å²) >= 11 is 0. The molecule has 0 saturated carbocycles. The number of anilines is 1. The average molecular weight is 456 g/mol. The molecule has 2 aromatic carbocycles. The van der Waals surface area contributed by atoms with Gasteiger partial charge in [0.05, 0.1) is 13.7 Å². The minimum absolute atomic E-state index is 0.158. The van der Waals surface area contributed by atoms with Crippen molar-refractivity contribution in [1.29, 1.82) is 0 Å². The van der Waals surface area contributed by atoms with Crippen LogP contribution in [0.1, 0.15) is 25.3 Å². The molecule has 178 valence electrons. The third-order valence-electron chi connectivity index (χ3n) is 6.69. The van der Waals surface area contributed by atoms with Crippen molar-refractivity contribution in [3.05, 3.63) is 59.9 Å². The van der Waals surface area contributed by atoms with Crippen LogP contribution in [0, 0.1) is 11.7 Å². The van der Waals surface area contributed by atoms with Crippen LogP contribution >= 0.6 is 0 Å². The maximum atomic E-state index is 14.0. The van der Waals surface area contributed by atoms with Crippen molar-refractivity contribution in [3.8, 4) is 5.75 Å². The van der Waals surface area contributed by atoms with Crippen LogP contribution in [-0.2, 0) is 11.3 Å². The summed E-state index contributed by atoms with van der Waals surface area (Å²) in [6, 6.07) is 15.2. The zero-order valence-electron chi connectivity index (χ0n) is 19.6. The van der Waals surface area contributed by atoms with Gasteiger partial charge < -0.3 is 19.3 Å². The maximum Gasteiger partial charge on any atom is 0.409 e. The van der Waals surface area contributed by atoms with E-state index in [4.69, 9.17) is 9.47 Å². The van der Waals surface area contributed by atoms with E-state index in [1.165, 1.54) is 6.07 Å². The van der Waals surface area contributed by atoms with Gasteiger partial charge in [0.25, 0.3) is 0 Å². The van der Waals surface area contributed by atoms with Gasteiger partial charge in [-0.3, -0.25) is 4.90 Å². The molecule has 1 amide bonds. The fourth-order valence-corrected chi connectivity index (χ4v) is 4.86. The molecule has 2 aliphatic rings. The Labute approximate surface area is 195 Å². The molecular formula is C26H34FN3O3. The topological polar surface area (TPSA) is 45.3 Å². The Bertz CT molecular complexity index is 923. The van der Waals surface area contributed by atoms with Crippen molar-refractivity contribution >= 4 is 11.8 Å². The van der Waals surface area contributed by atoms with Crippen molar-refractivity contribution in [3.63, 3.8) is 0 Å². The van der Waals surface area contributed by atoms with E-state index in [0.29, 0.717) is 26.2 Å². The molecule has 2 saturated heterocycles. The summed E-state index contributed by atoms with van der Waals surface area (Å²) in [5.74, 6) is 0.963. The predicted octanol–water partition coefficient (Wildman–Crippen LogP) is 4.39. The summed E-state index contributed by atoms with van der Waals surface area (Å²) in [6.45, 7) is 6.95. The fourth-order valence-electron chi connectivity index (χ4n) is 4.86. The highest BCUT2D eigenvalue weighted by atomic mass is 19.1. The second kappa shape index (κ2) is 10.9. The zero-order chi connectivity index (χ0) is 23.2. The quantitative estimate of drug-likeness (QED) is 0.646. The second-order valence-electron chi connectivity index (χ2n) is 9.10. The SMILES string of the molecule is COc1ccc(N2CCN(C(=O)OCC3CCCN(Cc4ccccc4F)C3)CC2C)cc1. The summed E-state index contributed by atoms with van der Waals surface area (Å²) in [5, 5.41) is 0. The molecule has 0 radical (unpaired) electrons. The molecule has 0 bridgehead atoms. The first-order valence-corrected chi connectivity index (χ1v) is 11.8. The van der Waals surface area contributed by atoms with Gasteiger partial charge in [0, 0.05) is 55.9 Å². The van der Waals surface area contributed by atoms with Gasteiger partial charge in [0.1, 0.15) is 11.6 Å². The summed E-state index contributed by atoms with van der Waals surface area (Å²) < 4.78 is 24.9. The summed E-state index contributed by atoms with van der Waals surface area (Å²) in [6.07, 6.45) is 1.83. The third kappa shape index (κ3) is 5.96. The van der Waals surface area contributed by atoms with Crippen LogP contribution in [0.5, 0.6) is 5.75 Å². The Morgan fingerprint density at radius 1 is 1.06 bits per heavy atom. The highest BCUT2D eigenvalue weighted by Crippen LogP contribution is 2.24. The molecule has 33 heavy (non-hydrogen) atoms. The van der Waals surface area contributed by atoms with Gasteiger partial charge in [0.15, 0.2) is 0 Å². The number of benzene rings is 2. The first-order chi connectivity index (χ1) is 16.0. The number of nitrogens with zero attached hydrogens (tertiary/aromatic N) is 3. The summed E-state index contributed by atoms with van der Waals surface area (Å²) in [4.78, 5) is 19.1. The molecule has 0 spiro atoms. The first kappa shape index (κ1) is 23.4. The molecule has 2 atom stereocenters. The lowest BCUT2D eigenvalue weighted by molar-refractivity contribution is 0.0597. The van der Waals surface area contributed by atoms with E-state index >= 15 is 0 Å². The minimum atomic E-state index is -0.234. The van der Waals surface area contributed by atoms with Gasteiger partial charge in [-0.15, -0.1) is 0 Å². The molecule has 2 aliphatic heterocycles. The number of carbonyl (C=O) groups is 1. The zero-order valence-corrected chi connectivity index (χ0v) is 19.6. The van der Waals surface area contributed by atoms with Crippen LogP contribution < -0.4 is 9.64 Å². The molecule has 2 heterocycles. The van der Waals surface area contributed by atoms with Gasteiger partial charge >= 0.3 is 6.09 Å². The Morgan fingerprint density at radius 2 is 1.85 bits per heavy atom. The van der Waals surface area contributed by atoms with Gasteiger partial charge in [-0.25, -0.2) is 9.18 Å². The number of hydrogen-bond donors (Lipinski definition) is 0. The predicted molar refractivity (Wildman–Crippen MR) is 127 cm³/mol. The largest absolute Gasteiger partial charge is 0.497 e. The number of ether oxygens (including phenoxy) is 2. The molecule has 2 aromatic rings. The Balaban J connectivity index is 1.24. The maximum absolute atomic E-state index is 14.0.